The Kier molecular flexibility index (Phi) is 4.16. The number of hydrogen-bond acceptors (Lipinski definition) is 1. The van der Waals surface area contributed by atoms with E-state index in [9.17, 15) is 0 Å². The van der Waals surface area contributed by atoms with Crippen LogP contribution >= 0.6 is 0 Å². The fraction of sp³-hybridized carbons (Fsp3) is 0.294. The van der Waals surface area contributed by atoms with Crippen molar-refractivity contribution in [3.05, 3.63) is 59.7 Å². The molecule has 1 nitrogen and oxygen atoms in total. The molecule has 1 heteroatoms. The van der Waals surface area contributed by atoms with E-state index < -0.39 is 0 Å². The molecule has 0 heterocycles. The Bertz CT molecular complexity index is 482. The first-order chi connectivity index (χ1) is 8.70. The highest BCUT2D eigenvalue weighted by molar-refractivity contribution is 5.64. The quantitative estimate of drug-likeness (QED) is 0.853. The van der Waals surface area contributed by atoms with E-state index in [-0.39, 0.29) is 0 Å². The number of aryl methyl sites for hydroxylation is 1. The smallest absolute Gasteiger partial charge is 0.00715 e. The average Bonchev–Trinajstić information content (AvgIpc) is 2.40. The van der Waals surface area contributed by atoms with Crippen molar-refractivity contribution < 1.29 is 0 Å². The summed E-state index contributed by atoms with van der Waals surface area (Å²) in [5, 5.41) is 0. The van der Waals surface area contributed by atoms with Gasteiger partial charge in [-0.15, -0.1) is 0 Å². The van der Waals surface area contributed by atoms with Crippen molar-refractivity contribution in [1.29, 1.82) is 0 Å². The monoisotopic (exact) mass is 239 g/mol. The Balaban J connectivity index is 2.19. The number of hydrogen-bond donors (Lipinski definition) is 1. The molecule has 0 aliphatic carbocycles. The van der Waals surface area contributed by atoms with Crippen molar-refractivity contribution >= 4 is 0 Å². The van der Waals surface area contributed by atoms with Gasteiger partial charge in [0, 0.05) is 0 Å². The lowest BCUT2D eigenvalue weighted by Gasteiger charge is -2.11. The van der Waals surface area contributed by atoms with Crippen LogP contribution in [0, 0.1) is 6.92 Å². The lowest BCUT2D eigenvalue weighted by Crippen LogP contribution is -2.04. The van der Waals surface area contributed by atoms with Crippen LogP contribution in [0.4, 0.5) is 0 Å². The summed E-state index contributed by atoms with van der Waals surface area (Å²) < 4.78 is 0. The lowest BCUT2D eigenvalue weighted by atomic mass is 9.95. The third kappa shape index (κ3) is 2.99. The largest absolute Gasteiger partial charge is 0.330 e. The van der Waals surface area contributed by atoms with Crippen molar-refractivity contribution in [2.45, 2.75) is 26.2 Å². The van der Waals surface area contributed by atoms with E-state index >= 15 is 0 Å². The van der Waals surface area contributed by atoms with Crippen LogP contribution in [0.2, 0.25) is 0 Å². The van der Waals surface area contributed by atoms with Gasteiger partial charge in [-0.2, -0.15) is 0 Å². The molecule has 2 aromatic rings. The molecule has 0 aromatic heterocycles. The number of benzene rings is 2. The minimum absolute atomic E-state index is 0.544. The van der Waals surface area contributed by atoms with Gasteiger partial charge in [0.15, 0.2) is 0 Å². The van der Waals surface area contributed by atoms with Crippen molar-refractivity contribution in [2.75, 3.05) is 6.54 Å². The summed E-state index contributed by atoms with van der Waals surface area (Å²) in [6.45, 7) is 5.09. The predicted octanol–water partition coefficient (Wildman–Crippen LogP) is 4.11. The summed E-state index contributed by atoms with van der Waals surface area (Å²) in [6.07, 6.45) is 1.05. The normalized spacial score (nSPS) is 12.4. The maximum Gasteiger partial charge on any atom is -0.00715 e. The summed E-state index contributed by atoms with van der Waals surface area (Å²) in [7, 11) is 0. The molecule has 0 amide bonds. The summed E-state index contributed by atoms with van der Waals surface area (Å²) in [5.74, 6) is 0.544. The highest BCUT2D eigenvalue weighted by atomic mass is 14.5. The van der Waals surface area contributed by atoms with E-state index in [0.29, 0.717) is 5.92 Å². The van der Waals surface area contributed by atoms with Crippen LogP contribution < -0.4 is 5.73 Å². The molecule has 0 bridgehead atoms. The van der Waals surface area contributed by atoms with Gasteiger partial charge in [-0.05, 0) is 42.5 Å². The SMILES string of the molecule is Cc1ccc(-c2ccc(C(C)CCN)cc2)cc1. The molecule has 2 N–H and O–H groups in total. The van der Waals surface area contributed by atoms with Crippen LogP contribution in [0.15, 0.2) is 48.5 Å². The van der Waals surface area contributed by atoms with Crippen LogP contribution in [0.3, 0.4) is 0 Å². The molecule has 1 atom stereocenters. The van der Waals surface area contributed by atoms with Gasteiger partial charge in [0.05, 0.1) is 0 Å². The van der Waals surface area contributed by atoms with E-state index in [1.165, 1.54) is 22.3 Å². The molecule has 0 fully saturated rings. The summed E-state index contributed by atoms with van der Waals surface area (Å²) >= 11 is 0. The number of nitrogens with two attached hydrogens (primary N) is 1. The first kappa shape index (κ1) is 12.8. The van der Waals surface area contributed by atoms with Crippen LogP contribution in [0.1, 0.15) is 30.4 Å². The molecule has 2 aromatic carbocycles. The fourth-order valence-corrected chi connectivity index (χ4v) is 2.17. The molecular formula is C17H21N. The first-order valence-electron chi connectivity index (χ1n) is 6.58. The Morgan fingerprint density at radius 1 is 0.889 bits per heavy atom. The second-order valence-electron chi connectivity index (χ2n) is 4.97. The maximum absolute atomic E-state index is 5.60. The van der Waals surface area contributed by atoms with E-state index in [1.807, 2.05) is 0 Å². The summed E-state index contributed by atoms with van der Waals surface area (Å²) in [4.78, 5) is 0. The number of rotatable bonds is 4. The van der Waals surface area contributed by atoms with Crippen LogP contribution in [-0.4, -0.2) is 6.54 Å². The van der Waals surface area contributed by atoms with Gasteiger partial charge >= 0.3 is 0 Å². The van der Waals surface area contributed by atoms with E-state index in [1.54, 1.807) is 0 Å². The summed E-state index contributed by atoms with van der Waals surface area (Å²) in [5.41, 5.74) is 10.8. The minimum atomic E-state index is 0.544. The molecule has 0 saturated carbocycles. The standard InChI is InChI=1S/C17H21N/c1-13-3-5-16(6-4-13)17-9-7-15(8-10-17)14(2)11-12-18/h3-10,14H,11-12,18H2,1-2H3. The highest BCUT2D eigenvalue weighted by Crippen LogP contribution is 2.24. The Morgan fingerprint density at radius 2 is 1.39 bits per heavy atom. The van der Waals surface area contributed by atoms with Gasteiger partial charge in [0.2, 0.25) is 0 Å². The minimum Gasteiger partial charge on any atom is -0.330 e. The van der Waals surface area contributed by atoms with Crippen LogP contribution in [0.25, 0.3) is 11.1 Å². The second-order valence-corrected chi connectivity index (χ2v) is 4.97. The molecule has 1 unspecified atom stereocenters. The fourth-order valence-electron chi connectivity index (χ4n) is 2.17. The molecular weight excluding hydrogens is 218 g/mol. The van der Waals surface area contributed by atoms with E-state index in [0.717, 1.165) is 13.0 Å². The Morgan fingerprint density at radius 3 is 1.89 bits per heavy atom. The third-order valence-electron chi connectivity index (χ3n) is 3.46. The second kappa shape index (κ2) is 5.83. The Hall–Kier alpha value is -1.60. The predicted molar refractivity (Wildman–Crippen MR) is 78.7 cm³/mol. The molecule has 0 radical (unpaired) electrons. The van der Waals surface area contributed by atoms with Gasteiger partial charge < -0.3 is 5.73 Å². The molecule has 0 aliphatic heterocycles. The summed E-state index contributed by atoms with van der Waals surface area (Å²) in [6, 6.07) is 17.5. The molecule has 0 spiro atoms. The van der Waals surface area contributed by atoms with Crippen LogP contribution in [0.5, 0.6) is 0 Å². The first-order valence-corrected chi connectivity index (χ1v) is 6.58. The van der Waals surface area contributed by atoms with Gasteiger partial charge in [0.1, 0.15) is 0 Å². The molecule has 94 valence electrons. The lowest BCUT2D eigenvalue weighted by molar-refractivity contribution is 0.690. The molecule has 0 saturated heterocycles. The van der Waals surface area contributed by atoms with Gasteiger partial charge in [-0.3, -0.25) is 0 Å². The van der Waals surface area contributed by atoms with Gasteiger partial charge in [0.25, 0.3) is 0 Å². The molecule has 2 rings (SSSR count). The Labute approximate surface area is 110 Å². The highest BCUT2D eigenvalue weighted by Gasteiger charge is 2.04. The van der Waals surface area contributed by atoms with Crippen molar-refractivity contribution in [2.24, 2.45) is 5.73 Å². The zero-order valence-electron chi connectivity index (χ0n) is 11.2. The zero-order chi connectivity index (χ0) is 13.0. The van der Waals surface area contributed by atoms with Crippen LogP contribution in [-0.2, 0) is 0 Å². The van der Waals surface area contributed by atoms with Crippen molar-refractivity contribution in [1.82, 2.24) is 0 Å². The third-order valence-corrected chi connectivity index (χ3v) is 3.46. The molecule has 0 aliphatic rings. The van der Waals surface area contributed by atoms with E-state index in [2.05, 4.69) is 62.4 Å². The van der Waals surface area contributed by atoms with Crippen molar-refractivity contribution in [3.63, 3.8) is 0 Å². The van der Waals surface area contributed by atoms with E-state index in [4.69, 9.17) is 5.73 Å². The maximum atomic E-state index is 5.60. The van der Waals surface area contributed by atoms with Gasteiger partial charge in [-0.25, -0.2) is 0 Å². The van der Waals surface area contributed by atoms with Crippen molar-refractivity contribution in [3.8, 4) is 11.1 Å². The zero-order valence-corrected chi connectivity index (χ0v) is 11.2. The topological polar surface area (TPSA) is 26.0 Å². The average molecular weight is 239 g/mol. The molecule has 18 heavy (non-hydrogen) atoms. The van der Waals surface area contributed by atoms with Gasteiger partial charge in [-0.1, -0.05) is 61.0 Å².